The van der Waals surface area contributed by atoms with Gasteiger partial charge in [-0.3, -0.25) is 9.59 Å². The predicted molar refractivity (Wildman–Crippen MR) is 82.4 cm³/mol. The molecule has 0 bridgehead atoms. The number of anilines is 1. The van der Waals surface area contributed by atoms with E-state index in [1.54, 1.807) is 42.5 Å². The first kappa shape index (κ1) is 15.4. The Kier molecular flexibility index (Phi) is 5.20. The highest BCUT2D eigenvalue weighted by molar-refractivity contribution is 6.35. The first-order valence-electron chi connectivity index (χ1n) is 6.01. The molecule has 2 aromatic rings. The van der Waals surface area contributed by atoms with Crippen LogP contribution in [0.2, 0.25) is 10.0 Å². The van der Waals surface area contributed by atoms with Gasteiger partial charge in [-0.15, -0.1) is 0 Å². The molecule has 0 heterocycles. The Morgan fingerprint density at radius 3 is 2.52 bits per heavy atom. The average molecular weight is 324 g/mol. The van der Waals surface area contributed by atoms with Crippen LogP contribution in [0.15, 0.2) is 42.5 Å². The Morgan fingerprint density at radius 2 is 1.86 bits per heavy atom. The maximum atomic E-state index is 11.8. The van der Waals surface area contributed by atoms with Gasteiger partial charge in [0.2, 0.25) is 0 Å². The minimum absolute atomic E-state index is 0.177. The lowest BCUT2D eigenvalue weighted by Gasteiger charge is -2.09. The van der Waals surface area contributed by atoms with Crippen molar-refractivity contribution < 1.29 is 14.3 Å². The quantitative estimate of drug-likeness (QED) is 0.851. The number of halogens is 2. The molecular weight excluding hydrogens is 313 g/mol. The summed E-state index contributed by atoms with van der Waals surface area (Å²) in [5.74, 6) is 0.131. The van der Waals surface area contributed by atoms with E-state index in [9.17, 15) is 9.59 Å². The van der Waals surface area contributed by atoms with Gasteiger partial charge in [0.15, 0.2) is 6.61 Å². The van der Waals surface area contributed by atoms with Gasteiger partial charge >= 0.3 is 0 Å². The maximum Gasteiger partial charge on any atom is 0.262 e. The van der Waals surface area contributed by atoms with Gasteiger partial charge in [0.25, 0.3) is 5.91 Å². The predicted octanol–water partition coefficient (Wildman–Crippen LogP) is 3.82. The normalized spacial score (nSPS) is 10.0. The van der Waals surface area contributed by atoms with Crippen molar-refractivity contribution in [2.75, 3.05) is 11.9 Å². The molecule has 0 aliphatic carbocycles. The van der Waals surface area contributed by atoms with E-state index < -0.39 is 0 Å². The van der Waals surface area contributed by atoms with Crippen molar-refractivity contribution in [1.82, 2.24) is 0 Å². The molecule has 108 valence electrons. The molecule has 1 N–H and O–H groups in total. The highest BCUT2D eigenvalue weighted by atomic mass is 35.5. The summed E-state index contributed by atoms with van der Waals surface area (Å²) < 4.78 is 5.31. The van der Waals surface area contributed by atoms with Crippen molar-refractivity contribution in [2.24, 2.45) is 0 Å². The molecule has 21 heavy (non-hydrogen) atoms. The molecule has 0 radical (unpaired) electrons. The Balaban J connectivity index is 1.92. The van der Waals surface area contributed by atoms with Crippen LogP contribution in [-0.2, 0) is 4.79 Å². The lowest BCUT2D eigenvalue weighted by atomic mass is 10.2. The Bertz CT molecular complexity index is 656. The van der Waals surface area contributed by atoms with Crippen LogP contribution in [0.5, 0.6) is 5.75 Å². The van der Waals surface area contributed by atoms with E-state index in [0.717, 1.165) is 6.29 Å². The molecule has 4 nitrogen and oxygen atoms in total. The summed E-state index contributed by atoms with van der Waals surface area (Å²) >= 11 is 11.8. The SMILES string of the molecule is O=Cc1ccc(OCC(=O)Nc2cc(Cl)ccc2Cl)cc1. The molecule has 6 heteroatoms. The monoisotopic (exact) mass is 323 g/mol. The molecule has 0 saturated carbocycles. The fourth-order valence-electron chi connectivity index (χ4n) is 1.57. The third-order valence-corrected chi connectivity index (χ3v) is 3.15. The highest BCUT2D eigenvalue weighted by Gasteiger charge is 2.07. The van der Waals surface area contributed by atoms with Crippen LogP contribution in [-0.4, -0.2) is 18.8 Å². The summed E-state index contributed by atoms with van der Waals surface area (Å²) in [7, 11) is 0. The number of carbonyl (C=O) groups excluding carboxylic acids is 2. The third-order valence-electron chi connectivity index (χ3n) is 2.59. The van der Waals surface area contributed by atoms with Crippen LogP contribution in [0, 0.1) is 0 Å². The fraction of sp³-hybridized carbons (Fsp3) is 0.0667. The molecule has 0 spiro atoms. The summed E-state index contributed by atoms with van der Waals surface area (Å²) in [5.41, 5.74) is 0.964. The maximum absolute atomic E-state index is 11.8. The van der Waals surface area contributed by atoms with Crippen LogP contribution >= 0.6 is 23.2 Å². The van der Waals surface area contributed by atoms with Gasteiger partial charge in [-0.1, -0.05) is 23.2 Å². The van der Waals surface area contributed by atoms with Gasteiger partial charge in [0.05, 0.1) is 10.7 Å². The number of hydrogen-bond donors (Lipinski definition) is 1. The van der Waals surface area contributed by atoms with Crippen molar-refractivity contribution in [3.8, 4) is 5.75 Å². The number of benzene rings is 2. The van der Waals surface area contributed by atoms with E-state index in [1.165, 1.54) is 0 Å². The van der Waals surface area contributed by atoms with E-state index in [4.69, 9.17) is 27.9 Å². The number of nitrogens with one attached hydrogen (secondary N) is 1. The van der Waals surface area contributed by atoms with E-state index in [-0.39, 0.29) is 12.5 Å². The van der Waals surface area contributed by atoms with Crippen molar-refractivity contribution in [2.45, 2.75) is 0 Å². The summed E-state index contributed by atoms with van der Waals surface area (Å²) in [5, 5.41) is 3.47. The lowest BCUT2D eigenvalue weighted by Crippen LogP contribution is -2.20. The van der Waals surface area contributed by atoms with Gasteiger partial charge in [-0.2, -0.15) is 0 Å². The number of carbonyl (C=O) groups is 2. The van der Waals surface area contributed by atoms with Crippen LogP contribution in [0.3, 0.4) is 0 Å². The molecule has 0 aromatic heterocycles. The Morgan fingerprint density at radius 1 is 1.14 bits per heavy atom. The zero-order valence-electron chi connectivity index (χ0n) is 10.8. The molecule has 2 rings (SSSR count). The van der Waals surface area contributed by atoms with E-state index in [0.29, 0.717) is 27.0 Å². The molecule has 0 saturated heterocycles. The summed E-state index contributed by atoms with van der Waals surface area (Å²) in [6, 6.07) is 11.2. The Hall–Kier alpha value is -2.04. The zero-order chi connectivity index (χ0) is 15.2. The third kappa shape index (κ3) is 4.48. The van der Waals surface area contributed by atoms with Gasteiger partial charge in [0.1, 0.15) is 12.0 Å². The molecular formula is C15H11Cl2NO3. The summed E-state index contributed by atoms with van der Waals surface area (Å²) in [6.07, 6.45) is 0.734. The van der Waals surface area contributed by atoms with Gasteiger partial charge in [0, 0.05) is 10.6 Å². The minimum Gasteiger partial charge on any atom is -0.484 e. The standard InChI is InChI=1S/C15H11Cl2NO3/c16-11-3-6-13(17)14(7-11)18-15(20)9-21-12-4-1-10(8-19)2-5-12/h1-8H,9H2,(H,18,20). The summed E-state index contributed by atoms with van der Waals surface area (Å²) in [4.78, 5) is 22.3. The molecule has 0 fully saturated rings. The van der Waals surface area contributed by atoms with Crippen LogP contribution in [0.1, 0.15) is 10.4 Å². The number of rotatable bonds is 5. The smallest absolute Gasteiger partial charge is 0.262 e. The first-order valence-corrected chi connectivity index (χ1v) is 6.77. The molecule has 1 amide bonds. The van der Waals surface area contributed by atoms with Crippen molar-refractivity contribution in [3.63, 3.8) is 0 Å². The molecule has 0 atom stereocenters. The van der Waals surface area contributed by atoms with Crippen molar-refractivity contribution in [1.29, 1.82) is 0 Å². The molecule has 0 aliphatic heterocycles. The molecule has 0 unspecified atom stereocenters. The number of ether oxygens (including phenoxy) is 1. The second kappa shape index (κ2) is 7.11. The molecule has 2 aromatic carbocycles. The summed E-state index contributed by atoms with van der Waals surface area (Å²) in [6.45, 7) is -0.177. The fourth-order valence-corrected chi connectivity index (χ4v) is 1.91. The van der Waals surface area contributed by atoms with E-state index in [2.05, 4.69) is 5.32 Å². The largest absolute Gasteiger partial charge is 0.484 e. The van der Waals surface area contributed by atoms with Crippen LogP contribution in [0.25, 0.3) is 0 Å². The van der Waals surface area contributed by atoms with E-state index >= 15 is 0 Å². The lowest BCUT2D eigenvalue weighted by molar-refractivity contribution is -0.118. The van der Waals surface area contributed by atoms with E-state index in [1.807, 2.05) is 0 Å². The second-order valence-electron chi connectivity index (χ2n) is 4.15. The highest BCUT2D eigenvalue weighted by Crippen LogP contribution is 2.25. The van der Waals surface area contributed by atoms with Crippen LogP contribution in [0.4, 0.5) is 5.69 Å². The van der Waals surface area contributed by atoms with Gasteiger partial charge in [-0.05, 0) is 42.5 Å². The van der Waals surface area contributed by atoms with Crippen molar-refractivity contribution in [3.05, 3.63) is 58.1 Å². The van der Waals surface area contributed by atoms with Gasteiger partial charge < -0.3 is 10.1 Å². The molecule has 0 aliphatic rings. The van der Waals surface area contributed by atoms with Crippen molar-refractivity contribution >= 4 is 41.1 Å². The van der Waals surface area contributed by atoms with Crippen LogP contribution < -0.4 is 10.1 Å². The number of hydrogen-bond acceptors (Lipinski definition) is 3. The number of amides is 1. The average Bonchev–Trinajstić information content (AvgIpc) is 2.49. The minimum atomic E-state index is -0.362. The van der Waals surface area contributed by atoms with Gasteiger partial charge in [-0.25, -0.2) is 0 Å². The number of aldehydes is 1. The first-order chi connectivity index (χ1) is 10.1. The second-order valence-corrected chi connectivity index (χ2v) is 4.99. The topological polar surface area (TPSA) is 55.4 Å². The Labute approximate surface area is 131 Å². The zero-order valence-corrected chi connectivity index (χ0v) is 12.3.